The summed E-state index contributed by atoms with van der Waals surface area (Å²) in [6.45, 7) is 12.1. The van der Waals surface area contributed by atoms with Crippen LogP contribution in [0.1, 0.15) is 74.6 Å². The minimum Gasteiger partial charge on any atom is -0.337 e. The van der Waals surface area contributed by atoms with Crippen molar-refractivity contribution in [2.75, 3.05) is 9.80 Å². The van der Waals surface area contributed by atoms with Crippen LogP contribution in [0.25, 0.3) is 43.4 Å². The van der Waals surface area contributed by atoms with E-state index >= 15 is 0 Å². The van der Waals surface area contributed by atoms with Gasteiger partial charge in [-0.25, -0.2) is 0 Å². The minimum atomic E-state index is 0.222. The number of allylic oxidation sites excluding steroid dienone is 4. The Hall–Kier alpha value is -6.90. The summed E-state index contributed by atoms with van der Waals surface area (Å²) < 4.78 is 0. The summed E-state index contributed by atoms with van der Waals surface area (Å²) in [4.78, 5) is 4.98. The van der Waals surface area contributed by atoms with Gasteiger partial charge in [-0.1, -0.05) is 174 Å². The van der Waals surface area contributed by atoms with Crippen LogP contribution in [0.15, 0.2) is 200 Å². The van der Waals surface area contributed by atoms with Gasteiger partial charge in [0.2, 0.25) is 0 Å². The fraction of sp³-hybridized carbons (Fsp3) is 0.167. The maximum Gasteiger partial charge on any atom is 0.0543 e. The third kappa shape index (κ3) is 7.14. The van der Waals surface area contributed by atoms with Gasteiger partial charge in [0.25, 0.3) is 0 Å². The number of anilines is 5. The molecule has 2 unspecified atom stereocenters. The summed E-state index contributed by atoms with van der Waals surface area (Å²) in [7, 11) is 0. The van der Waals surface area contributed by atoms with E-state index in [2.05, 4.69) is 245 Å². The fourth-order valence-electron chi connectivity index (χ4n) is 9.79. The molecule has 2 heteroatoms. The van der Waals surface area contributed by atoms with E-state index in [1.54, 1.807) is 0 Å². The van der Waals surface area contributed by atoms with E-state index in [4.69, 9.17) is 0 Å². The molecule has 0 bridgehead atoms. The smallest absolute Gasteiger partial charge is 0.0543 e. The van der Waals surface area contributed by atoms with Crippen LogP contribution in [0.3, 0.4) is 0 Å². The van der Waals surface area contributed by atoms with Crippen LogP contribution in [0.2, 0.25) is 0 Å². The predicted octanol–water partition coefficient (Wildman–Crippen LogP) is 17.2. The lowest BCUT2D eigenvalue weighted by molar-refractivity contribution is 0.639. The molecule has 304 valence electrons. The average Bonchev–Trinajstić information content (AvgIpc) is 3.31. The Morgan fingerprint density at radius 3 is 1.60 bits per heavy atom. The van der Waals surface area contributed by atoms with Crippen LogP contribution >= 0.6 is 0 Å². The van der Waals surface area contributed by atoms with E-state index in [1.165, 1.54) is 82.8 Å². The Morgan fingerprint density at radius 1 is 0.468 bits per heavy atom. The second-order valence-electron chi connectivity index (χ2n) is 17.7. The molecule has 0 aliphatic heterocycles. The molecular weight excluding hydrogens is 749 g/mol. The van der Waals surface area contributed by atoms with Crippen molar-refractivity contribution in [2.45, 2.75) is 58.9 Å². The third-order valence-corrected chi connectivity index (χ3v) is 13.2. The molecule has 0 heterocycles. The van der Waals surface area contributed by atoms with E-state index in [9.17, 15) is 0 Å². The van der Waals surface area contributed by atoms with Crippen molar-refractivity contribution < 1.29 is 0 Å². The SMILES string of the molecule is CC(C)c1ccc(N(Cc2cc(-c3ccccc3)c3ccc4c(N(c5ccccc5)c5ccc(C(C)C)cc5)cc(C5C=CC=CC5C)c5ccc2c3c54)c2ccccc2)cc1. The largest absolute Gasteiger partial charge is 0.337 e. The van der Waals surface area contributed by atoms with Crippen molar-refractivity contribution in [3.05, 3.63) is 222 Å². The average molecular weight is 803 g/mol. The summed E-state index contributed by atoms with van der Waals surface area (Å²) >= 11 is 0. The monoisotopic (exact) mass is 802 g/mol. The number of hydrogen-bond acceptors (Lipinski definition) is 2. The van der Waals surface area contributed by atoms with Crippen LogP contribution < -0.4 is 9.80 Å². The molecular formula is C60H54N2. The van der Waals surface area contributed by atoms with E-state index in [0.717, 1.165) is 11.4 Å². The van der Waals surface area contributed by atoms with E-state index in [-0.39, 0.29) is 5.92 Å². The molecule has 62 heavy (non-hydrogen) atoms. The van der Waals surface area contributed by atoms with Gasteiger partial charge in [0.15, 0.2) is 0 Å². The number of rotatable bonds is 11. The molecule has 0 saturated carbocycles. The van der Waals surface area contributed by atoms with E-state index < -0.39 is 0 Å². The van der Waals surface area contributed by atoms with Crippen LogP contribution in [0.5, 0.6) is 0 Å². The summed E-state index contributed by atoms with van der Waals surface area (Å²) in [6, 6.07) is 65.9. The topological polar surface area (TPSA) is 6.48 Å². The normalized spacial score (nSPS) is 15.1. The van der Waals surface area contributed by atoms with Crippen molar-refractivity contribution >= 4 is 60.8 Å². The molecule has 0 spiro atoms. The van der Waals surface area contributed by atoms with E-state index in [1.807, 2.05) is 0 Å². The lowest BCUT2D eigenvalue weighted by Gasteiger charge is -2.32. The highest BCUT2D eigenvalue weighted by Crippen LogP contribution is 2.50. The van der Waals surface area contributed by atoms with Gasteiger partial charge in [0, 0.05) is 40.6 Å². The molecule has 2 atom stereocenters. The van der Waals surface area contributed by atoms with Crippen LogP contribution in [0.4, 0.5) is 28.4 Å². The zero-order chi connectivity index (χ0) is 42.3. The van der Waals surface area contributed by atoms with Gasteiger partial charge in [0.05, 0.1) is 5.69 Å². The van der Waals surface area contributed by atoms with Crippen LogP contribution in [-0.2, 0) is 6.54 Å². The predicted molar refractivity (Wildman–Crippen MR) is 267 cm³/mol. The second-order valence-corrected chi connectivity index (χ2v) is 17.7. The van der Waals surface area contributed by atoms with Crippen LogP contribution in [0, 0.1) is 5.92 Å². The highest BCUT2D eigenvalue weighted by atomic mass is 15.1. The van der Waals surface area contributed by atoms with Crippen molar-refractivity contribution in [3.63, 3.8) is 0 Å². The van der Waals surface area contributed by atoms with Crippen molar-refractivity contribution in [1.82, 2.24) is 0 Å². The van der Waals surface area contributed by atoms with Crippen molar-refractivity contribution in [1.29, 1.82) is 0 Å². The Labute approximate surface area is 367 Å². The summed E-state index contributed by atoms with van der Waals surface area (Å²) in [5, 5.41) is 7.80. The first-order valence-corrected chi connectivity index (χ1v) is 22.4. The van der Waals surface area contributed by atoms with Crippen molar-refractivity contribution in [3.8, 4) is 11.1 Å². The fourth-order valence-corrected chi connectivity index (χ4v) is 9.79. The lowest BCUT2D eigenvalue weighted by Crippen LogP contribution is -2.17. The number of para-hydroxylation sites is 2. The highest BCUT2D eigenvalue weighted by molar-refractivity contribution is 6.29. The Bertz CT molecular complexity index is 3030. The third-order valence-electron chi connectivity index (χ3n) is 13.2. The molecule has 0 fully saturated rings. The van der Waals surface area contributed by atoms with Gasteiger partial charge in [0.1, 0.15) is 0 Å². The van der Waals surface area contributed by atoms with Gasteiger partial charge < -0.3 is 9.80 Å². The van der Waals surface area contributed by atoms with Crippen LogP contribution in [-0.4, -0.2) is 0 Å². The maximum absolute atomic E-state index is 2.51. The summed E-state index contributed by atoms with van der Waals surface area (Å²) in [5.41, 5.74) is 13.7. The van der Waals surface area contributed by atoms with Gasteiger partial charge in [-0.15, -0.1) is 0 Å². The van der Waals surface area contributed by atoms with Gasteiger partial charge in [-0.2, -0.15) is 0 Å². The molecule has 2 nitrogen and oxygen atoms in total. The number of hydrogen-bond donors (Lipinski definition) is 0. The Morgan fingerprint density at radius 2 is 0.968 bits per heavy atom. The first kappa shape index (κ1) is 39.2. The first-order chi connectivity index (χ1) is 30.3. The van der Waals surface area contributed by atoms with E-state index in [0.29, 0.717) is 24.3 Å². The molecule has 0 amide bonds. The van der Waals surface area contributed by atoms with Crippen molar-refractivity contribution in [2.24, 2.45) is 5.92 Å². The maximum atomic E-state index is 2.51. The summed E-state index contributed by atoms with van der Waals surface area (Å²) in [5.74, 6) is 1.49. The molecule has 1 aliphatic carbocycles. The number of nitrogens with zero attached hydrogens (tertiary/aromatic N) is 2. The first-order valence-electron chi connectivity index (χ1n) is 22.4. The molecule has 9 aromatic carbocycles. The van der Waals surface area contributed by atoms with Gasteiger partial charge >= 0.3 is 0 Å². The number of benzene rings is 9. The van der Waals surface area contributed by atoms with Gasteiger partial charge in [-0.3, -0.25) is 0 Å². The molecule has 10 rings (SSSR count). The molecule has 0 radical (unpaired) electrons. The molecule has 0 aromatic heterocycles. The molecule has 0 N–H and O–H groups in total. The lowest BCUT2D eigenvalue weighted by atomic mass is 9.79. The molecule has 9 aromatic rings. The molecule has 1 aliphatic rings. The van der Waals surface area contributed by atoms with Gasteiger partial charge in [-0.05, 0) is 139 Å². The molecule has 0 saturated heterocycles. The minimum absolute atomic E-state index is 0.222. The quantitative estimate of drug-likeness (QED) is 0.120. The zero-order valence-electron chi connectivity index (χ0n) is 36.5. The Balaban J connectivity index is 1.29. The Kier molecular flexibility index (Phi) is 10.5. The highest BCUT2D eigenvalue weighted by Gasteiger charge is 2.27. The summed E-state index contributed by atoms with van der Waals surface area (Å²) in [6.07, 6.45) is 9.21. The second kappa shape index (κ2) is 16.5. The zero-order valence-corrected chi connectivity index (χ0v) is 36.5. The standard InChI is InChI=1S/C60H54N2/c1-40(2)43-25-29-48(30-26-43)61(47-20-11-7-12-21-47)39-46-37-56(45-18-9-6-10-19-45)53-35-36-55-58(62(49-22-13-8-14-23-49)50-31-27-44(28-32-50)41(3)4)38-57(51-24-16-15-17-42(51)5)54-34-33-52(46)59(53)60(54)55/h6-38,40-42,51H,39H2,1-5H3.